The van der Waals surface area contributed by atoms with Crippen molar-refractivity contribution in [1.82, 2.24) is 10.2 Å². The van der Waals surface area contributed by atoms with Gasteiger partial charge in [0.2, 0.25) is 0 Å². The third-order valence-electron chi connectivity index (χ3n) is 6.72. The summed E-state index contributed by atoms with van der Waals surface area (Å²) in [6.07, 6.45) is 8.20. The molecule has 0 radical (unpaired) electrons. The fraction of sp³-hybridized carbons (Fsp3) is 0.947. The van der Waals surface area contributed by atoms with Crippen LogP contribution < -0.4 is 5.32 Å². The summed E-state index contributed by atoms with van der Waals surface area (Å²) in [5.41, 5.74) is -0.398. The summed E-state index contributed by atoms with van der Waals surface area (Å²) >= 11 is 0. The minimum atomic E-state index is -0.398. The van der Waals surface area contributed by atoms with Crippen molar-refractivity contribution in [3.63, 3.8) is 0 Å². The molecule has 1 amide bonds. The number of nitrogens with one attached hydrogen (secondary N) is 1. The molecule has 4 fully saturated rings. The number of ether oxygens (including phenoxy) is 1. The SMILES string of the molecule is CC(C)(C)OC(=O)N1CCC(NC2CC3CC2C2CCCC32)C1. The molecule has 0 aromatic rings. The molecule has 6 atom stereocenters. The van der Waals surface area contributed by atoms with Crippen LogP contribution in [0.4, 0.5) is 4.79 Å². The van der Waals surface area contributed by atoms with Crippen LogP contribution in [0.15, 0.2) is 0 Å². The van der Waals surface area contributed by atoms with Gasteiger partial charge in [-0.25, -0.2) is 4.79 Å². The monoisotopic (exact) mass is 320 g/mol. The predicted octanol–water partition coefficient (Wildman–Crippen LogP) is 3.41. The van der Waals surface area contributed by atoms with Gasteiger partial charge in [-0.05, 0) is 76.5 Å². The van der Waals surface area contributed by atoms with Crippen molar-refractivity contribution >= 4 is 6.09 Å². The van der Waals surface area contributed by atoms with E-state index in [0.29, 0.717) is 12.1 Å². The minimum Gasteiger partial charge on any atom is -0.444 e. The molecule has 6 unspecified atom stereocenters. The van der Waals surface area contributed by atoms with E-state index in [9.17, 15) is 4.79 Å². The summed E-state index contributed by atoms with van der Waals surface area (Å²) in [5, 5.41) is 3.92. The van der Waals surface area contributed by atoms with Crippen molar-refractivity contribution < 1.29 is 9.53 Å². The summed E-state index contributed by atoms with van der Waals surface area (Å²) in [5.74, 6) is 3.98. The molecule has 2 bridgehead atoms. The number of fused-ring (bicyclic) bond motifs is 5. The van der Waals surface area contributed by atoms with Crippen LogP contribution in [0.1, 0.15) is 59.3 Å². The summed E-state index contributed by atoms with van der Waals surface area (Å²) in [6.45, 7) is 7.45. The Kier molecular flexibility index (Phi) is 3.86. The van der Waals surface area contributed by atoms with Gasteiger partial charge in [0, 0.05) is 25.2 Å². The summed E-state index contributed by atoms with van der Waals surface area (Å²) in [6, 6.07) is 1.18. The highest BCUT2D eigenvalue weighted by Gasteiger charge is 2.54. The first kappa shape index (κ1) is 15.7. The van der Waals surface area contributed by atoms with Gasteiger partial charge in [-0.3, -0.25) is 0 Å². The standard InChI is InChI=1S/C19H32N2O2/c1-19(2,3)23-18(22)21-8-7-13(11-21)20-17-10-12-9-16(17)15-6-4-5-14(12)15/h12-17,20H,4-11H2,1-3H3. The lowest BCUT2D eigenvalue weighted by Gasteiger charge is -2.34. The zero-order valence-corrected chi connectivity index (χ0v) is 14.9. The van der Waals surface area contributed by atoms with Crippen LogP contribution in [0.2, 0.25) is 0 Å². The smallest absolute Gasteiger partial charge is 0.410 e. The number of likely N-dealkylation sites (tertiary alicyclic amines) is 1. The van der Waals surface area contributed by atoms with E-state index in [4.69, 9.17) is 4.74 Å². The topological polar surface area (TPSA) is 41.6 Å². The van der Waals surface area contributed by atoms with Gasteiger partial charge in [-0.1, -0.05) is 6.42 Å². The van der Waals surface area contributed by atoms with E-state index < -0.39 is 5.60 Å². The third-order valence-corrected chi connectivity index (χ3v) is 6.72. The lowest BCUT2D eigenvalue weighted by molar-refractivity contribution is 0.0289. The van der Waals surface area contributed by atoms with E-state index in [-0.39, 0.29) is 6.09 Å². The van der Waals surface area contributed by atoms with Crippen molar-refractivity contribution in [2.75, 3.05) is 13.1 Å². The highest BCUT2D eigenvalue weighted by molar-refractivity contribution is 5.68. The Hall–Kier alpha value is -0.770. The molecule has 1 aliphatic heterocycles. The van der Waals surface area contributed by atoms with E-state index in [1.807, 2.05) is 25.7 Å². The number of carbonyl (C=O) groups is 1. The van der Waals surface area contributed by atoms with Gasteiger partial charge < -0.3 is 15.0 Å². The van der Waals surface area contributed by atoms with Crippen LogP contribution in [0.3, 0.4) is 0 Å². The van der Waals surface area contributed by atoms with E-state index in [0.717, 1.165) is 43.2 Å². The van der Waals surface area contributed by atoms with Crippen LogP contribution in [-0.2, 0) is 4.74 Å². The fourth-order valence-corrected chi connectivity index (χ4v) is 5.95. The largest absolute Gasteiger partial charge is 0.444 e. The quantitative estimate of drug-likeness (QED) is 0.848. The Morgan fingerprint density at radius 3 is 2.65 bits per heavy atom. The van der Waals surface area contributed by atoms with Gasteiger partial charge in [-0.15, -0.1) is 0 Å². The predicted molar refractivity (Wildman–Crippen MR) is 90.2 cm³/mol. The van der Waals surface area contributed by atoms with E-state index in [2.05, 4.69) is 5.32 Å². The summed E-state index contributed by atoms with van der Waals surface area (Å²) in [4.78, 5) is 14.1. The molecule has 0 spiro atoms. The molecule has 130 valence electrons. The third kappa shape index (κ3) is 2.99. The molecule has 4 rings (SSSR count). The zero-order chi connectivity index (χ0) is 16.2. The van der Waals surface area contributed by atoms with Gasteiger partial charge in [0.15, 0.2) is 0 Å². The number of hydrogen-bond acceptors (Lipinski definition) is 3. The maximum absolute atomic E-state index is 12.2. The average Bonchev–Trinajstić information content (AvgIpc) is 3.18. The van der Waals surface area contributed by atoms with Crippen molar-refractivity contribution in [1.29, 1.82) is 0 Å². The Morgan fingerprint density at radius 2 is 1.87 bits per heavy atom. The molecule has 4 heteroatoms. The summed E-state index contributed by atoms with van der Waals surface area (Å²) in [7, 11) is 0. The molecule has 1 heterocycles. The van der Waals surface area contributed by atoms with Crippen LogP contribution in [0.25, 0.3) is 0 Å². The van der Waals surface area contributed by atoms with Crippen LogP contribution in [0, 0.1) is 23.7 Å². The molecule has 23 heavy (non-hydrogen) atoms. The lowest BCUT2D eigenvalue weighted by atomic mass is 9.79. The minimum absolute atomic E-state index is 0.148. The van der Waals surface area contributed by atoms with Crippen molar-refractivity contribution in [2.24, 2.45) is 23.7 Å². The Balaban J connectivity index is 1.29. The summed E-state index contributed by atoms with van der Waals surface area (Å²) < 4.78 is 5.51. The maximum atomic E-state index is 12.2. The van der Waals surface area contributed by atoms with Crippen molar-refractivity contribution in [2.45, 2.75) is 77.0 Å². The van der Waals surface area contributed by atoms with Crippen LogP contribution in [0.5, 0.6) is 0 Å². The number of carbonyl (C=O) groups excluding carboxylic acids is 1. The van der Waals surface area contributed by atoms with Crippen LogP contribution >= 0.6 is 0 Å². The zero-order valence-electron chi connectivity index (χ0n) is 14.9. The second-order valence-electron chi connectivity index (χ2n) is 9.34. The second kappa shape index (κ2) is 5.65. The molecule has 1 saturated heterocycles. The van der Waals surface area contributed by atoms with Crippen molar-refractivity contribution in [3.8, 4) is 0 Å². The van der Waals surface area contributed by atoms with Gasteiger partial charge in [0.25, 0.3) is 0 Å². The van der Waals surface area contributed by atoms with Crippen LogP contribution in [-0.4, -0.2) is 41.8 Å². The van der Waals surface area contributed by atoms with Gasteiger partial charge >= 0.3 is 6.09 Å². The first-order chi connectivity index (χ1) is 10.9. The fourth-order valence-electron chi connectivity index (χ4n) is 5.95. The Labute approximate surface area is 140 Å². The molecule has 4 aliphatic rings. The van der Waals surface area contributed by atoms with Gasteiger partial charge in [0.05, 0.1) is 0 Å². The van der Waals surface area contributed by atoms with Crippen molar-refractivity contribution in [3.05, 3.63) is 0 Å². The number of amides is 1. The molecule has 3 aliphatic carbocycles. The second-order valence-corrected chi connectivity index (χ2v) is 9.34. The molecule has 4 nitrogen and oxygen atoms in total. The lowest BCUT2D eigenvalue weighted by Crippen LogP contribution is -2.46. The van der Waals surface area contributed by atoms with E-state index in [1.54, 1.807) is 0 Å². The molecule has 3 saturated carbocycles. The first-order valence-electron chi connectivity index (χ1n) is 9.65. The number of hydrogen-bond donors (Lipinski definition) is 1. The molecule has 0 aromatic carbocycles. The maximum Gasteiger partial charge on any atom is 0.410 e. The highest BCUT2D eigenvalue weighted by Crippen LogP contribution is 2.58. The molecule has 1 N–H and O–H groups in total. The highest BCUT2D eigenvalue weighted by atomic mass is 16.6. The van der Waals surface area contributed by atoms with E-state index in [1.165, 1.54) is 32.1 Å². The molecular formula is C19H32N2O2. The van der Waals surface area contributed by atoms with E-state index >= 15 is 0 Å². The number of rotatable bonds is 2. The Morgan fingerprint density at radius 1 is 1.09 bits per heavy atom. The normalized spacial score (nSPS) is 42.3. The molecular weight excluding hydrogens is 288 g/mol. The first-order valence-corrected chi connectivity index (χ1v) is 9.65. The number of nitrogens with zero attached hydrogens (tertiary/aromatic N) is 1. The Bertz CT molecular complexity index is 472. The average molecular weight is 320 g/mol. The van der Waals surface area contributed by atoms with Gasteiger partial charge in [-0.2, -0.15) is 0 Å². The molecule has 0 aromatic heterocycles. The van der Waals surface area contributed by atoms with Gasteiger partial charge in [0.1, 0.15) is 5.60 Å².